The number of rotatable bonds is 8. The molecule has 1 aliphatic heterocycles. The molecule has 0 spiro atoms. The SMILES string of the molecule is CC(O)C(CC1NC(C(=O)O)CS1)SC[C@H](C)C(=O)O. The molecule has 0 aliphatic carbocycles. The minimum Gasteiger partial charge on any atom is -0.481 e. The number of carboxylic acid groups (broad SMARTS) is 2. The Morgan fingerprint density at radius 1 is 1.40 bits per heavy atom. The average Bonchev–Trinajstić information content (AvgIpc) is 2.82. The number of carbonyl (C=O) groups is 2. The lowest BCUT2D eigenvalue weighted by molar-refractivity contribution is -0.140. The largest absolute Gasteiger partial charge is 0.481 e. The molecule has 0 saturated carbocycles. The van der Waals surface area contributed by atoms with Crippen LogP contribution < -0.4 is 5.32 Å². The molecule has 5 atom stereocenters. The molecule has 0 radical (unpaired) electrons. The molecule has 0 bridgehead atoms. The highest BCUT2D eigenvalue weighted by Crippen LogP contribution is 2.29. The molecule has 0 aromatic carbocycles. The van der Waals surface area contributed by atoms with Gasteiger partial charge in [-0.05, 0) is 13.3 Å². The highest BCUT2D eigenvalue weighted by molar-refractivity contribution is 8.01. The van der Waals surface area contributed by atoms with E-state index in [-0.39, 0.29) is 10.6 Å². The lowest BCUT2D eigenvalue weighted by Gasteiger charge is -2.23. The first-order chi connectivity index (χ1) is 9.31. The molecule has 1 saturated heterocycles. The molecule has 6 nitrogen and oxygen atoms in total. The van der Waals surface area contributed by atoms with Gasteiger partial charge in [0.25, 0.3) is 0 Å². The summed E-state index contributed by atoms with van der Waals surface area (Å²) in [6, 6.07) is -0.539. The van der Waals surface area contributed by atoms with E-state index in [0.29, 0.717) is 17.9 Å². The van der Waals surface area contributed by atoms with Crippen molar-refractivity contribution in [3.8, 4) is 0 Å². The van der Waals surface area contributed by atoms with Crippen LogP contribution in [0.1, 0.15) is 20.3 Å². The predicted octanol–water partition coefficient (Wildman–Crippen LogP) is 0.695. The first kappa shape index (κ1) is 17.6. The van der Waals surface area contributed by atoms with Gasteiger partial charge in [0.2, 0.25) is 0 Å². The summed E-state index contributed by atoms with van der Waals surface area (Å²) in [5.41, 5.74) is 0. The van der Waals surface area contributed by atoms with Gasteiger partial charge in [-0.25, -0.2) is 0 Å². The number of hydrogen-bond donors (Lipinski definition) is 4. The van der Waals surface area contributed by atoms with E-state index in [4.69, 9.17) is 10.2 Å². The molecule has 116 valence electrons. The number of aliphatic hydroxyl groups is 1. The highest BCUT2D eigenvalue weighted by atomic mass is 32.2. The van der Waals surface area contributed by atoms with E-state index < -0.39 is 30.0 Å². The number of thioether (sulfide) groups is 2. The van der Waals surface area contributed by atoms with Crippen molar-refractivity contribution in [1.29, 1.82) is 0 Å². The van der Waals surface area contributed by atoms with E-state index in [9.17, 15) is 14.7 Å². The lowest BCUT2D eigenvalue weighted by Crippen LogP contribution is -2.38. The molecule has 0 amide bonds. The van der Waals surface area contributed by atoms with Crippen LogP contribution in [0.2, 0.25) is 0 Å². The van der Waals surface area contributed by atoms with E-state index in [1.807, 2.05) is 0 Å². The van der Waals surface area contributed by atoms with Crippen molar-refractivity contribution in [2.75, 3.05) is 11.5 Å². The molecule has 1 fully saturated rings. The second-order valence-electron chi connectivity index (χ2n) is 4.97. The Morgan fingerprint density at radius 3 is 2.50 bits per heavy atom. The summed E-state index contributed by atoms with van der Waals surface area (Å²) in [6.45, 7) is 3.31. The monoisotopic (exact) mass is 323 g/mol. The third-order valence-corrected chi connectivity index (χ3v) is 6.08. The third-order valence-electron chi connectivity index (χ3n) is 3.12. The number of carboxylic acids is 2. The van der Waals surface area contributed by atoms with Crippen LogP contribution in [0.5, 0.6) is 0 Å². The second kappa shape index (κ2) is 8.11. The van der Waals surface area contributed by atoms with Gasteiger partial charge >= 0.3 is 11.9 Å². The fraction of sp³-hybridized carbons (Fsp3) is 0.833. The number of aliphatic carboxylic acids is 2. The van der Waals surface area contributed by atoms with E-state index in [1.54, 1.807) is 13.8 Å². The van der Waals surface area contributed by atoms with Crippen molar-refractivity contribution in [2.45, 2.75) is 43.0 Å². The van der Waals surface area contributed by atoms with Crippen LogP contribution >= 0.6 is 23.5 Å². The van der Waals surface area contributed by atoms with E-state index >= 15 is 0 Å². The smallest absolute Gasteiger partial charge is 0.321 e. The van der Waals surface area contributed by atoms with E-state index in [0.717, 1.165) is 0 Å². The summed E-state index contributed by atoms with van der Waals surface area (Å²) >= 11 is 2.96. The van der Waals surface area contributed by atoms with Gasteiger partial charge in [-0.1, -0.05) is 6.92 Å². The van der Waals surface area contributed by atoms with Crippen LogP contribution in [0.15, 0.2) is 0 Å². The van der Waals surface area contributed by atoms with Gasteiger partial charge in [-0.2, -0.15) is 11.8 Å². The van der Waals surface area contributed by atoms with Gasteiger partial charge in [0.05, 0.1) is 17.4 Å². The Balaban J connectivity index is 2.44. The van der Waals surface area contributed by atoms with Crippen LogP contribution in [0, 0.1) is 5.92 Å². The van der Waals surface area contributed by atoms with Crippen molar-refractivity contribution in [2.24, 2.45) is 5.92 Å². The van der Waals surface area contributed by atoms with Gasteiger partial charge in [-0.15, -0.1) is 11.8 Å². The standard InChI is InChI=1S/C12H21NO5S2/c1-6(11(15)16)4-19-9(7(2)14)3-10-13-8(5-20-10)12(17)18/h6-10,13-14H,3-5H2,1-2H3,(H,15,16)(H,17,18)/t6-,7?,8?,9?,10?/m0/s1. The Morgan fingerprint density at radius 2 is 2.05 bits per heavy atom. The van der Waals surface area contributed by atoms with Gasteiger partial charge in [-0.3, -0.25) is 14.9 Å². The molecule has 1 aliphatic rings. The maximum Gasteiger partial charge on any atom is 0.321 e. The van der Waals surface area contributed by atoms with Crippen LogP contribution in [-0.2, 0) is 9.59 Å². The maximum absolute atomic E-state index is 10.9. The molecule has 1 heterocycles. The van der Waals surface area contributed by atoms with Gasteiger partial charge in [0, 0.05) is 16.8 Å². The molecule has 0 aromatic heterocycles. The summed E-state index contributed by atoms with van der Waals surface area (Å²) in [7, 11) is 0. The van der Waals surface area contributed by atoms with Crippen molar-refractivity contribution in [3.05, 3.63) is 0 Å². The number of nitrogens with one attached hydrogen (secondary N) is 1. The first-order valence-corrected chi connectivity index (χ1v) is 8.54. The lowest BCUT2D eigenvalue weighted by atomic mass is 10.2. The van der Waals surface area contributed by atoms with E-state index in [2.05, 4.69) is 5.32 Å². The highest BCUT2D eigenvalue weighted by Gasteiger charge is 2.32. The fourth-order valence-electron chi connectivity index (χ4n) is 1.77. The molecule has 20 heavy (non-hydrogen) atoms. The number of aliphatic hydroxyl groups excluding tert-OH is 1. The zero-order chi connectivity index (χ0) is 15.3. The quantitative estimate of drug-likeness (QED) is 0.517. The van der Waals surface area contributed by atoms with Crippen molar-refractivity contribution in [3.63, 3.8) is 0 Å². The molecular weight excluding hydrogens is 302 g/mol. The minimum absolute atomic E-state index is 0.0108. The molecule has 8 heteroatoms. The van der Waals surface area contributed by atoms with Gasteiger partial charge in [0.15, 0.2) is 0 Å². The third kappa shape index (κ3) is 5.51. The number of hydrogen-bond acceptors (Lipinski definition) is 6. The normalized spacial score (nSPS) is 26.9. The average molecular weight is 323 g/mol. The fourth-order valence-corrected chi connectivity index (χ4v) is 4.44. The molecule has 1 rings (SSSR count). The van der Waals surface area contributed by atoms with Crippen LogP contribution in [0.25, 0.3) is 0 Å². The zero-order valence-electron chi connectivity index (χ0n) is 11.5. The van der Waals surface area contributed by atoms with Crippen molar-refractivity contribution < 1.29 is 24.9 Å². The molecule has 4 N–H and O–H groups in total. The van der Waals surface area contributed by atoms with E-state index in [1.165, 1.54) is 23.5 Å². The van der Waals surface area contributed by atoms with Crippen LogP contribution in [0.4, 0.5) is 0 Å². The molecular formula is C12H21NO5S2. The summed E-state index contributed by atoms with van der Waals surface area (Å²) in [5.74, 6) is -1.22. The van der Waals surface area contributed by atoms with Crippen molar-refractivity contribution in [1.82, 2.24) is 5.32 Å². The maximum atomic E-state index is 10.9. The Hall–Kier alpha value is -0.440. The Labute approximate surface area is 126 Å². The summed E-state index contributed by atoms with van der Waals surface area (Å²) < 4.78 is 0. The Kier molecular flexibility index (Phi) is 7.14. The Bertz CT molecular complexity index is 353. The molecule has 4 unspecified atom stereocenters. The van der Waals surface area contributed by atoms with Crippen molar-refractivity contribution >= 4 is 35.5 Å². The summed E-state index contributed by atoms with van der Waals surface area (Å²) in [6.07, 6.45) is 0.0515. The summed E-state index contributed by atoms with van der Waals surface area (Å²) in [4.78, 5) is 21.6. The first-order valence-electron chi connectivity index (χ1n) is 6.44. The van der Waals surface area contributed by atoms with Crippen LogP contribution in [0.3, 0.4) is 0 Å². The topological polar surface area (TPSA) is 107 Å². The predicted molar refractivity (Wildman–Crippen MR) is 80.1 cm³/mol. The minimum atomic E-state index is -0.860. The molecule has 0 aromatic rings. The second-order valence-corrected chi connectivity index (χ2v) is 7.47. The summed E-state index contributed by atoms with van der Waals surface area (Å²) in [5, 5.41) is 30.4. The van der Waals surface area contributed by atoms with Gasteiger partial charge in [0.1, 0.15) is 6.04 Å². The zero-order valence-corrected chi connectivity index (χ0v) is 13.1. The van der Waals surface area contributed by atoms with Gasteiger partial charge < -0.3 is 15.3 Å². The van der Waals surface area contributed by atoms with Crippen LogP contribution in [-0.4, -0.2) is 61.5 Å².